The van der Waals surface area contributed by atoms with Gasteiger partial charge in [0.25, 0.3) is 5.91 Å². The Hall–Kier alpha value is -3.58. The summed E-state index contributed by atoms with van der Waals surface area (Å²) in [6.07, 6.45) is 0. The third kappa shape index (κ3) is 4.75. The lowest BCUT2D eigenvalue weighted by Gasteiger charge is -2.48. The summed E-state index contributed by atoms with van der Waals surface area (Å²) in [5, 5.41) is 14.8. The topological polar surface area (TPSA) is 59.5 Å². The number of hydrogen-bond acceptors (Lipinski definition) is 4. The smallest absolute Gasteiger partial charge is 0.259 e. The first-order valence-corrected chi connectivity index (χ1v) is 12.6. The number of carbonyl (C=O) groups is 1. The van der Waals surface area contributed by atoms with Gasteiger partial charge in [-0.2, -0.15) is 0 Å². The summed E-state index contributed by atoms with van der Waals surface area (Å²) in [5.41, 5.74) is 4.54. The molecule has 3 aromatic carbocycles. The van der Waals surface area contributed by atoms with Gasteiger partial charge in [-0.15, -0.1) is 0 Å². The third-order valence-electron chi connectivity index (χ3n) is 7.11. The molecule has 0 spiro atoms. The number of hydroxylamine groups is 3. The van der Waals surface area contributed by atoms with E-state index in [-0.39, 0.29) is 17.1 Å². The zero-order valence-corrected chi connectivity index (χ0v) is 20.9. The predicted octanol–water partition coefficient (Wildman–Crippen LogP) is 5.33. The number of pyridine rings is 1. The number of quaternary nitrogens is 1. The summed E-state index contributed by atoms with van der Waals surface area (Å²) >= 11 is 0. The van der Waals surface area contributed by atoms with Crippen LogP contribution in [0.4, 0.5) is 5.69 Å². The molecule has 4 aromatic rings. The summed E-state index contributed by atoms with van der Waals surface area (Å²) < 4.78 is -0.359. The molecular formula is C30H32N4O2. The summed E-state index contributed by atoms with van der Waals surface area (Å²) in [4.78, 5) is 23.4. The lowest BCUT2D eigenvalue weighted by Crippen LogP contribution is -2.54. The number of hydrogen-bond donors (Lipinski definition) is 0. The van der Waals surface area contributed by atoms with Gasteiger partial charge in [0.1, 0.15) is 6.54 Å². The lowest BCUT2D eigenvalue weighted by atomic mass is 9.94. The number of rotatable bonds is 6. The Kier molecular flexibility index (Phi) is 6.83. The molecule has 0 atom stereocenters. The number of likely N-dealkylation sites (N-methyl/N-ethyl adjacent to an activating group) is 1. The van der Waals surface area contributed by atoms with Gasteiger partial charge in [-0.3, -0.25) is 9.69 Å². The number of benzene rings is 3. The number of carbonyl (C=O) groups excluding carboxylic acids is 1. The van der Waals surface area contributed by atoms with E-state index in [0.717, 1.165) is 40.8 Å². The van der Waals surface area contributed by atoms with Crippen LogP contribution in [0.15, 0.2) is 84.9 Å². The largest absolute Gasteiger partial charge is 0.632 e. The van der Waals surface area contributed by atoms with E-state index < -0.39 is 0 Å². The highest BCUT2D eigenvalue weighted by Crippen LogP contribution is 2.34. The van der Waals surface area contributed by atoms with E-state index in [2.05, 4.69) is 4.90 Å². The molecule has 1 fully saturated rings. The summed E-state index contributed by atoms with van der Waals surface area (Å²) in [7, 11) is 2.05. The molecule has 0 saturated carbocycles. The van der Waals surface area contributed by atoms with Crippen LogP contribution >= 0.6 is 0 Å². The van der Waals surface area contributed by atoms with Gasteiger partial charge in [0.15, 0.2) is 0 Å². The zero-order chi connectivity index (χ0) is 25.1. The van der Waals surface area contributed by atoms with Crippen LogP contribution < -0.4 is 4.90 Å². The molecule has 184 valence electrons. The standard InChI is InChI=1S/C30H32N4O2/c1-3-33(24-14-8-5-9-15-24)30(35)28-25-16-10-11-17-27(25)31-29(23-12-6-4-7-13-23)26(28)22-34(36)20-18-32(2)19-21-34/h4-17H,3,18-22H2,1-2H3. The van der Waals surface area contributed by atoms with Gasteiger partial charge < -0.3 is 14.8 Å². The normalized spacial score (nSPS) is 15.6. The number of fused-ring (bicyclic) bond motifs is 1. The van der Waals surface area contributed by atoms with Crippen molar-refractivity contribution in [3.63, 3.8) is 0 Å². The van der Waals surface area contributed by atoms with Crippen LogP contribution in [0.3, 0.4) is 0 Å². The maximum Gasteiger partial charge on any atom is 0.259 e. The monoisotopic (exact) mass is 480 g/mol. The van der Waals surface area contributed by atoms with E-state index in [0.29, 0.717) is 30.9 Å². The highest BCUT2D eigenvalue weighted by Gasteiger charge is 2.31. The van der Waals surface area contributed by atoms with Crippen LogP contribution in [0.5, 0.6) is 0 Å². The second kappa shape index (κ2) is 10.2. The van der Waals surface area contributed by atoms with Gasteiger partial charge in [0.2, 0.25) is 0 Å². The molecule has 0 unspecified atom stereocenters. The Morgan fingerprint density at radius 1 is 0.944 bits per heavy atom. The fraction of sp³-hybridized carbons (Fsp3) is 0.267. The van der Waals surface area contributed by atoms with E-state index in [1.54, 1.807) is 4.90 Å². The molecule has 2 heterocycles. The molecule has 6 heteroatoms. The number of piperazine rings is 1. The van der Waals surface area contributed by atoms with E-state index in [4.69, 9.17) is 4.98 Å². The fourth-order valence-corrected chi connectivity index (χ4v) is 5.05. The maximum atomic E-state index is 14.4. The molecule has 1 saturated heterocycles. The summed E-state index contributed by atoms with van der Waals surface area (Å²) in [6, 6.07) is 27.4. The molecule has 0 N–H and O–H groups in total. The number of aromatic nitrogens is 1. The molecule has 0 bridgehead atoms. The van der Waals surface area contributed by atoms with Crippen LogP contribution in [-0.4, -0.2) is 60.2 Å². The molecule has 0 aliphatic carbocycles. The number of amides is 1. The average Bonchev–Trinajstić information content (AvgIpc) is 2.91. The van der Waals surface area contributed by atoms with Crippen molar-refractivity contribution in [1.82, 2.24) is 9.88 Å². The molecule has 1 aliphatic heterocycles. The van der Waals surface area contributed by atoms with Gasteiger partial charge in [0, 0.05) is 41.8 Å². The first-order chi connectivity index (χ1) is 17.5. The third-order valence-corrected chi connectivity index (χ3v) is 7.11. The molecule has 5 rings (SSSR count). The highest BCUT2D eigenvalue weighted by molar-refractivity contribution is 6.15. The van der Waals surface area contributed by atoms with Crippen LogP contribution in [0.1, 0.15) is 22.8 Å². The second-order valence-electron chi connectivity index (χ2n) is 9.55. The van der Waals surface area contributed by atoms with Crippen molar-refractivity contribution in [2.75, 3.05) is 44.7 Å². The van der Waals surface area contributed by atoms with Crippen molar-refractivity contribution in [3.8, 4) is 11.3 Å². The Labute approximate surface area is 212 Å². The summed E-state index contributed by atoms with van der Waals surface area (Å²) in [5.74, 6) is -0.102. The van der Waals surface area contributed by atoms with Gasteiger partial charge in [-0.1, -0.05) is 66.7 Å². The number of anilines is 1. The van der Waals surface area contributed by atoms with Crippen LogP contribution in [-0.2, 0) is 6.54 Å². The minimum absolute atomic E-state index is 0.102. The van der Waals surface area contributed by atoms with Crippen molar-refractivity contribution in [3.05, 3.63) is 101 Å². The van der Waals surface area contributed by atoms with Crippen LogP contribution in [0.25, 0.3) is 22.2 Å². The molecular weight excluding hydrogens is 448 g/mol. The van der Waals surface area contributed by atoms with Crippen molar-refractivity contribution >= 4 is 22.5 Å². The van der Waals surface area contributed by atoms with Crippen molar-refractivity contribution in [1.29, 1.82) is 0 Å². The zero-order valence-electron chi connectivity index (χ0n) is 20.9. The highest BCUT2D eigenvalue weighted by atomic mass is 16.5. The predicted molar refractivity (Wildman–Crippen MR) is 146 cm³/mol. The minimum atomic E-state index is -0.359. The van der Waals surface area contributed by atoms with Gasteiger partial charge in [-0.05, 0) is 32.2 Å². The molecule has 1 aromatic heterocycles. The van der Waals surface area contributed by atoms with Gasteiger partial charge in [-0.25, -0.2) is 4.98 Å². The van der Waals surface area contributed by atoms with E-state index in [1.165, 1.54) is 0 Å². The first kappa shape index (κ1) is 24.1. The average molecular weight is 481 g/mol. The van der Waals surface area contributed by atoms with Gasteiger partial charge >= 0.3 is 0 Å². The molecule has 36 heavy (non-hydrogen) atoms. The number of nitrogens with zero attached hydrogens (tertiary/aromatic N) is 4. The van der Waals surface area contributed by atoms with E-state index in [9.17, 15) is 10.0 Å². The first-order valence-electron chi connectivity index (χ1n) is 12.6. The Bertz CT molecular complexity index is 1350. The van der Waals surface area contributed by atoms with Crippen LogP contribution in [0.2, 0.25) is 0 Å². The number of para-hydroxylation sites is 2. The Morgan fingerprint density at radius 3 is 2.22 bits per heavy atom. The lowest BCUT2D eigenvalue weighted by molar-refractivity contribution is -0.898. The fourth-order valence-electron chi connectivity index (χ4n) is 5.05. The molecule has 1 amide bonds. The van der Waals surface area contributed by atoms with E-state index in [1.807, 2.05) is 98.9 Å². The molecule has 1 aliphatic rings. The Morgan fingerprint density at radius 2 is 1.56 bits per heavy atom. The van der Waals surface area contributed by atoms with Crippen molar-refractivity contribution < 1.29 is 9.44 Å². The second-order valence-corrected chi connectivity index (χ2v) is 9.55. The maximum absolute atomic E-state index is 14.4. The molecule has 0 radical (unpaired) electrons. The SMILES string of the molecule is CCN(C(=O)c1c(C[N+]2([O-])CCN(C)CC2)c(-c2ccccc2)nc2ccccc12)c1ccccc1. The van der Waals surface area contributed by atoms with Crippen molar-refractivity contribution in [2.45, 2.75) is 13.5 Å². The van der Waals surface area contributed by atoms with E-state index >= 15 is 0 Å². The van der Waals surface area contributed by atoms with Crippen LogP contribution in [0, 0.1) is 5.21 Å². The quantitative estimate of drug-likeness (QED) is 0.277. The van der Waals surface area contributed by atoms with Gasteiger partial charge in [0.05, 0.1) is 29.9 Å². The Balaban J connectivity index is 1.74. The molecule has 6 nitrogen and oxygen atoms in total. The minimum Gasteiger partial charge on any atom is -0.632 e. The summed E-state index contributed by atoms with van der Waals surface area (Å²) in [6.45, 7) is 5.15. The van der Waals surface area contributed by atoms with Crippen molar-refractivity contribution in [2.24, 2.45) is 0 Å².